The van der Waals surface area contributed by atoms with Crippen molar-refractivity contribution in [2.75, 3.05) is 0 Å². The molecule has 5 heteroatoms. The standard InChI is InChI=1S/C22H30O4S/c1-13-9-15(21(3,4)5)19(23)17(11-13)27(25,26)18-12-14(2)10-16(20(18)24)22(6,7)8/h9-12,23-24H,1-8H3. The van der Waals surface area contributed by atoms with Gasteiger partial charge in [-0.1, -0.05) is 53.7 Å². The number of aryl methyl sites for hydroxylation is 2. The van der Waals surface area contributed by atoms with Crippen LogP contribution in [0.15, 0.2) is 34.1 Å². The lowest BCUT2D eigenvalue weighted by Gasteiger charge is -2.24. The summed E-state index contributed by atoms with van der Waals surface area (Å²) in [6.07, 6.45) is 0. The van der Waals surface area contributed by atoms with Gasteiger partial charge in [-0.25, -0.2) is 8.42 Å². The molecule has 0 amide bonds. The number of aromatic hydroxyl groups is 2. The van der Waals surface area contributed by atoms with E-state index >= 15 is 0 Å². The summed E-state index contributed by atoms with van der Waals surface area (Å²) in [5.41, 5.74) is 1.74. The Kier molecular flexibility index (Phi) is 5.17. The largest absolute Gasteiger partial charge is 0.506 e. The Bertz CT molecular complexity index is 913. The SMILES string of the molecule is Cc1cc(C(C)(C)C)c(O)c(S(=O)(=O)c2cc(C)cc(C(C)(C)C)c2O)c1. The van der Waals surface area contributed by atoms with Gasteiger partial charge in [-0.3, -0.25) is 0 Å². The zero-order valence-corrected chi connectivity index (χ0v) is 18.2. The smallest absolute Gasteiger partial charge is 0.213 e. The average molecular weight is 391 g/mol. The quantitative estimate of drug-likeness (QED) is 0.744. The van der Waals surface area contributed by atoms with Crippen molar-refractivity contribution in [1.82, 2.24) is 0 Å². The van der Waals surface area contributed by atoms with Crippen molar-refractivity contribution < 1.29 is 18.6 Å². The number of sulfone groups is 1. The zero-order chi connectivity index (χ0) is 20.9. The summed E-state index contributed by atoms with van der Waals surface area (Å²) >= 11 is 0. The predicted molar refractivity (Wildman–Crippen MR) is 109 cm³/mol. The zero-order valence-electron chi connectivity index (χ0n) is 17.4. The number of hydrogen-bond acceptors (Lipinski definition) is 4. The average Bonchev–Trinajstić information content (AvgIpc) is 2.48. The fourth-order valence-corrected chi connectivity index (χ4v) is 4.81. The molecule has 0 aliphatic carbocycles. The molecule has 0 unspecified atom stereocenters. The van der Waals surface area contributed by atoms with Gasteiger partial charge >= 0.3 is 0 Å². The maximum absolute atomic E-state index is 13.4. The summed E-state index contributed by atoms with van der Waals surface area (Å²) in [6.45, 7) is 15.1. The normalized spacial score (nSPS) is 13.0. The highest BCUT2D eigenvalue weighted by atomic mass is 32.2. The van der Waals surface area contributed by atoms with Crippen LogP contribution in [-0.4, -0.2) is 18.6 Å². The summed E-state index contributed by atoms with van der Waals surface area (Å²) in [5, 5.41) is 21.5. The topological polar surface area (TPSA) is 74.6 Å². The molecule has 2 N–H and O–H groups in total. The molecular weight excluding hydrogens is 360 g/mol. The lowest BCUT2D eigenvalue weighted by atomic mass is 9.85. The molecule has 0 saturated carbocycles. The van der Waals surface area contributed by atoms with E-state index in [1.807, 2.05) is 41.5 Å². The lowest BCUT2D eigenvalue weighted by Crippen LogP contribution is -2.16. The van der Waals surface area contributed by atoms with Crippen LogP contribution in [0.5, 0.6) is 11.5 Å². The van der Waals surface area contributed by atoms with Gasteiger partial charge in [0.05, 0.1) is 0 Å². The molecule has 0 aliphatic heterocycles. The van der Waals surface area contributed by atoms with E-state index in [-0.39, 0.29) is 21.3 Å². The highest BCUT2D eigenvalue weighted by molar-refractivity contribution is 7.91. The van der Waals surface area contributed by atoms with E-state index in [0.29, 0.717) is 11.1 Å². The minimum Gasteiger partial charge on any atom is -0.506 e. The molecule has 2 aromatic carbocycles. The Hall–Kier alpha value is -2.01. The van der Waals surface area contributed by atoms with Gasteiger partial charge in [0, 0.05) is 11.1 Å². The molecule has 0 bridgehead atoms. The summed E-state index contributed by atoms with van der Waals surface area (Å²) in [4.78, 5) is -0.346. The number of hydrogen-bond donors (Lipinski definition) is 2. The lowest BCUT2D eigenvalue weighted by molar-refractivity contribution is 0.426. The van der Waals surface area contributed by atoms with Crippen LogP contribution in [0.25, 0.3) is 0 Å². The molecule has 0 saturated heterocycles. The first kappa shape index (κ1) is 21.3. The van der Waals surface area contributed by atoms with Gasteiger partial charge in [0.2, 0.25) is 9.84 Å². The fourth-order valence-electron chi connectivity index (χ4n) is 3.16. The van der Waals surface area contributed by atoms with Crippen LogP contribution in [0.2, 0.25) is 0 Å². The van der Waals surface area contributed by atoms with Gasteiger partial charge in [-0.15, -0.1) is 0 Å². The van der Waals surface area contributed by atoms with Crippen LogP contribution >= 0.6 is 0 Å². The number of rotatable bonds is 2. The van der Waals surface area contributed by atoms with Crippen molar-refractivity contribution >= 4 is 9.84 Å². The number of phenols is 2. The molecule has 0 radical (unpaired) electrons. The summed E-state index contributed by atoms with van der Waals surface area (Å²) < 4.78 is 26.8. The number of benzene rings is 2. The van der Waals surface area contributed by atoms with E-state index < -0.39 is 20.7 Å². The van der Waals surface area contributed by atoms with Crippen LogP contribution in [0.4, 0.5) is 0 Å². The van der Waals surface area contributed by atoms with Crippen LogP contribution in [0, 0.1) is 13.8 Å². The molecule has 2 aromatic rings. The van der Waals surface area contributed by atoms with Gasteiger partial charge in [-0.05, 0) is 47.9 Å². The minimum atomic E-state index is -4.11. The molecule has 0 fully saturated rings. The maximum Gasteiger partial charge on any atom is 0.213 e. The van der Waals surface area contributed by atoms with Crippen LogP contribution < -0.4 is 0 Å². The van der Waals surface area contributed by atoms with Crippen molar-refractivity contribution in [3.8, 4) is 11.5 Å². The first-order valence-electron chi connectivity index (χ1n) is 9.00. The van der Waals surface area contributed by atoms with Crippen molar-refractivity contribution in [2.45, 2.75) is 76.0 Å². The number of phenolic OH excluding ortho intramolecular Hbond substituents is 2. The van der Waals surface area contributed by atoms with Gasteiger partial charge in [0.25, 0.3) is 0 Å². The van der Waals surface area contributed by atoms with Crippen LogP contribution in [0.3, 0.4) is 0 Å². The van der Waals surface area contributed by atoms with Crippen molar-refractivity contribution in [3.05, 3.63) is 46.5 Å². The van der Waals surface area contributed by atoms with Crippen LogP contribution in [0.1, 0.15) is 63.8 Å². The van der Waals surface area contributed by atoms with Crippen molar-refractivity contribution in [2.24, 2.45) is 0 Å². The van der Waals surface area contributed by atoms with Gasteiger partial charge < -0.3 is 10.2 Å². The highest BCUT2D eigenvalue weighted by Gasteiger charge is 2.32. The molecule has 0 heterocycles. The Morgan fingerprint density at radius 2 is 0.963 bits per heavy atom. The molecule has 0 aromatic heterocycles. The third-order valence-corrected chi connectivity index (χ3v) is 6.41. The summed E-state index contributed by atoms with van der Waals surface area (Å²) in [7, 11) is -4.11. The van der Waals surface area contributed by atoms with Crippen LogP contribution in [-0.2, 0) is 20.7 Å². The molecule has 0 spiro atoms. The Labute approximate surface area is 162 Å². The predicted octanol–water partition coefficient (Wildman–Crippen LogP) is 5.14. The third kappa shape index (κ3) is 3.98. The van der Waals surface area contributed by atoms with E-state index in [0.717, 1.165) is 11.1 Å². The van der Waals surface area contributed by atoms with Crippen molar-refractivity contribution in [1.29, 1.82) is 0 Å². The van der Waals surface area contributed by atoms with Crippen molar-refractivity contribution in [3.63, 3.8) is 0 Å². The molecule has 0 aliphatic rings. The molecule has 148 valence electrons. The van der Waals surface area contributed by atoms with E-state index in [2.05, 4.69) is 0 Å². The van der Waals surface area contributed by atoms with Gasteiger partial charge in [0.1, 0.15) is 21.3 Å². The molecule has 0 atom stereocenters. The Morgan fingerprint density at radius 3 is 1.22 bits per heavy atom. The molecule has 4 nitrogen and oxygen atoms in total. The summed E-state index contributed by atoms with van der Waals surface area (Å²) in [5.74, 6) is -0.516. The molecule has 2 rings (SSSR count). The Balaban J connectivity index is 2.87. The molecular formula is C22H30O4S. The second-order valence-corrected chi connectivity index (χ2v) is 11.2. The van der Waals surface area contributed by atoms with E-state index in [1.165, 1.54) is 12.1 Å². The maximum atomic E-state index is 13.4. The molecule has 27 heavy (non-hydrogen) atoms. The van der Waals surface area contributed by atoms with E-state index in [9.17, 15) is 18.6 Å². The van der Waals surface area contributed by atoms with Gasteiger partial charge in [-0.2, -0.15) is 0 Å². The first-order valence-corrected chi connectivity index (χ1v) is 10.5. The fraction of sp³-hybridized carbons (Fsp3) is 0.455. The monoisotopic (exact) mass is 390 g/mol. The van der Waals surface area contributed by atoms with E-state index in [1.54, 1.807) is 26.0 Å². The first-order chi connectivity index (χ1) is 12.1. The van der Waals surface area contributed by atoms with Gasteiger partial charge in [0.15, 0.2) is 0 Å². The third-order valence-electron chi connectivity index (χ3n) is 4.63. The Morgan fingerprint density at radius 1 is 0.667 bits per heavy atom. The minimum absolute atomic E-state index is 0.173. The summed E-state index contributed by atoms with van der Waals surface area (Å²) in [6, 6.07) is 6.51. The highest BCUT2D eigenvalue weighted by Crippen LogP contribution is 2.43. The second-order valence-electron chi connectivity index (χ2n) is 9.32. The van der Waals surface area contributed by atoms with E-state index in [4.69, 9.17) is 0 Å². The second kappa shape index (κ2) is 6.55.